The van der Waals surface area contributed by atoms with E-state index in [9.17, 15) is 0 Å². The van der Waals surface area contributed by atoms with E-state index in [1.807, 2.05) is 0 Å². The molecule has 0 aliphatic heterocycles. The summed E-state index contributed by atoms with van der Waals surface area (Å²) < 4.78 is 0. The number of aryl methyl sites for hydroxylation is 2. The standard InChI is InChI=1S/C17H26N2/c1-12-6-7-13-8-9-17(15(13)10-12)19(2)16-5-3-4-14(16)11-18/h6-7,10,14,16-17H,3-5,8-9,11,18H2,1-2H3. The van der Waals surface area contributed by atoms with Crippen LogP contribution in [0.25, 0.3) is 0 Å². The van der Waals surface area contributed by atoms with E-state index >= 15 is 0 Å². The van der Waals surface area contributed by atoms with E-state index in [1.165, 1.54) is 37.7 Å². The van der Waals surface area contributed by atoms with Gasteiger partial charge in [0.1, 0.15) is 0 Å². The van der Waals surface area contributed by atoms with Crippen LogP contribution < -0.4 is 5.73 Å². The summed E-state index contributed by atoms with van der Waals surface area (Å²) in [6, 6.07) is 8.29. The van der Waals surface area contributed by atoms with Gasteiger partial charge in [-0.25, -0.2) is 0 Å². The Hall–Kier alpha value is -0.860. The van der Waals surface area contributed by atoms with E-state index in [1.54, 1.807) is 11.1 Å². The number of rotatable bonds is 3. The number of nitrogens with zero attached hydrogens (tertiary/aromatic N) is 1. The summed E-state index contributed by atoms with van der Waals surface area (Å²) in [7, 11) is 2.32. The van der Waals surface area contributed by atoms with E-state index < -0.39 is 0 Å². The molecule has 2 nitrogen and oxygen atoms in total. The summed E-state index contributed by atoms with van der Waals surface area (Å²) in [5.41, 5.74) is 10.5. The third kappa shape index (κ3) is 2.32. The molecule has 0 saturated heterocycles. The van der Waals surface area contributed by atoms with Crippen molar-refractivity contribution in [2.45, 2.75) is 51.1 Å². The second-order valence-corrected chi connectivity index (χ2v) is 6.42. The maximum Gasteiger partial charge on any atom is 0.0354 e. The highest BCUT2D eigenvalue weighted by Gasteiger charge is 2.35. The van der Waals surface area contributed by atoms with Crippen molar-refractivity contribution in [3.05, 3.63) is 34.9 Å². The molecule has 2 N–H and O–H groups in total. The minimum Gasteiger partial charge on any atom is -0.330 e. The Balaban J connectivity index is 1.83. The second-order valence-electron chi connectivity index (χ2n) is 6.42. The third-order valence-electron chi connectivity index (χ3n) is 5.28. The van der Waals surface area contributed by atoms with Gasteiger partial charge in [-0.05, 0) is 63.2 Å². The molecular weight excluding hydrogens is 232 g/mol. The van der Waals surface area contributed by atoms with Crippen molar-refractivity contribution in [3.63, 3.8) is 0 Å². The maximum absolute atomic E-state index is 5.95. The SMILES string of the molecule is Cc1ccc2c(c1)C(N(C)C1CCCC1CN)CC2. The highest BCUT2D eigenvalue weighted by atomic mass is 15.2. The van der Waals surface area contributed by atoms with Crippen LogP contribution in [-0.2, 0) is 6.42 Å². The van der Waals surface area contributed by atoms with Crippen LogP contribution >= 0.6 is 0 Å². The monoisotopic (exact) mass is 258 g/mol. The average molecular weight is 258 g/mol. The normalized spacial score (nSPS) is 30.0. The van der Waals surface area contributed by atoms with Crippen LogP contribution in [-0.4, -0.2) is 24.5 Å². The molecule has 0 amide bonds. The van der Waals surface area contributed by atoms with Crippen LogP contribution in [0.4, 0.5) is 0 Å². The molecule has 2 aliphatic carbocycles. The topological polar surface area (TPSA) is 29.3 Å². The molecule has 1 fully saturated rings. The minimum absolute atomic E-state index is 0.618. The molecule has 0 radical (unpaired) electrons. The first-order valence-electron chi connectivity index (χ1n) is 7.72. The zero-order valence-electron chi connectivity index (χ0n) is 12.2. The van der Waals surface area contributed by atoms with Gasteiger partial charge in [0.05, 0.1) is 0 Å². The molecule has 2 heteroatoms. The Labute approximate surface area is 117 Å². The van der Waals surface area contributed by atoms with Gasteiger partial charge >= 0.3 is 0 Å². The quantitative estimate of drug-likeness (QED) is 0.903. The Morgan fingerprint density at radius 3 is 2.89 bits per heavy atom. The molecule has 19 heavy (non-hydrogen) atoms. The summed E-state index contributed by atoms with van der Waals surface area (Å²) in [6.45, 7) is 3.05. The fourth-order valence-electron chi connectivity index (χ4n) is 4.18. The van der Waals surface area contributed by atoms with Crippen LogP contribution in [0.3, 0.4) is 0 Å². The largest absolute Gasteiger partial charge is 0.330 e. The number of nitrogens with two attached hydrogens (primary N) is 1. The van der Waals surface area contributed by atoms with E-state index in [-0.39, 0.29) is 0 Å². The van der Waals surface area contributed by atoms with Gasteiger partial charge in [-0.2, -0.15) is 0 Å². The average Bonchev–Trinajstić information content (AvgIpc) is 3.03. The molecule has 1 saturated carbocycles. The Morgan fingerprint density at radius 2 is 2.11 bits per heavy atom. The van der Waals surface area contributed by atoms with Crippen molar-refractivity contribution < 1.29 is 0 Å². The van der Waals surface area contributed by atoms with E-state index in [0.29, 0.717) is 18.0 Å². The molecule has 3 atom stereocenters. The molecule has 3 unspecified atom stereocenters. The lowest BCUT2D eigenvalue weighted by Gasteiger charge is -2.34. The summed E-state index contributed by atoms with van der Waals surface area (Å²) in [5.74, 6) is 0.707. The lowest BCUT2D eigenvalue weighted by atomic mass is 9.98. The number of fused-ring (bicyclic) bond motifs is 1. The molecule has 0 spiro atoms. The van der Waals surface area contributed by atoms with Crippen molar-refractivity contribution in [2.24, 2.45) is 11.7 Å². The molecule has 3 rings (SSSR count). The lowest BCUT2D eigenvalue weighted by molar-refractivity contribution is 0.142. The summed E-state index contributed by atoms with van der Waals surface area (Å²) in [5, 5.41) is 0. The van der Waals surface area contributed by atoms with Crippen molar-refractivity contribution in [1.82, 2.24) is 4.90 Å². The first-order chi connectivity index (χ1) is 9.20. The van der Waals surface area contributed by atoms with E-state index in [2.05, 4.69) is 37.1 Å². The van der Waals surface area contributed by atoms with Gasteiger partial charge in [0, 0.05) is 12.1 Å². The Morgan fingerprint density at radius 1 is 1.26 bits per heavy atom. The van der Waals surface area contributed by atoms with Crippen LogP contribution in [0.15, 0.2) is 18.2 Å². The lowest BCUT2D eigenvalue weighted by Crippen LogP contribution is -2.39. The van der Waals surface area contributed by atoms with Crippen molar-refractivity contribution >= 4 is 0 Å². The van der Waals surface area contributed by atoms with Crippen LogP contribution in [0.1, 0.15) is 48.4 Å². The van der Waals surface area contributed by atoms with E-state index in [4.69, 9.17) is 5.73 Å². The summed E-state index contributed by atoms with van der Waals surface area (Å²) >= 11 is 0. The fraction of sp³-hybridized carbons (Fsp3) is 0.647. The molecule has 104 valence electrons. The second kappa shape index (κ2) is 5.26. The fourth-order valence-corrected chi connectivity index (χ4v) is 4.18. The van der Waals surface area contributed by atoms with Crippen molar-refractivity contribution in [2.75, 3.05) is 13.6 Å². The molecule has 0 heterocycles. The highest BCUT2D eigenvalue weighted by molar-refractivity contribution is 5.37. The maximum atomic E-state index is 5.95. The van der Waals surface area contributed by atoms with Crippen LogP contribution in [0.5, 0.6) is 0 Å². The first kappa shape index (κ1) is 13.1. The van der Waals surface area contributed by atoms with E-state index in [0.717, 1.165) is 6.54 Å². The molecular formula is C17H26N2. The number of hydrogen-bond donors (Lipinski definition) is 1. The molecule has 0 aromatic heterocycles. The smallest absolute Gasteiger partial charge is 0.0354 e. The number of hydrogen-bond acceptors (Lipinski definition) is 2. The van der Waals surface area contributed by atoms with Gasteiger partial charge < -0.3 is 5.73 Å². The first-order valence-corrected chi connectivity index (χ1v) is 7.72. The highest BCUT2D eigenvalue weighted by Crippen LogP contribution is 2.40. The molecule has 1 aromatic rings. The number of benzene rings is 1. The van der Waals surface area contributed by atoms with Gasteiger partial charge in [0.15, 0.2) is 0 Å². The third-order valence-corrected chi connectivity index (χ3v) is 5.28. The van der Waals surface area contributed by atoms with Crippen LogP contribution in [0.2, 0.25) is 0 Å². The molecule has 2 aliphatic rings. The van der Waals surface area contributed by atoms with Crippen molar-refractivity contribution in [3.8, 4) is 0 Å². The molecule has 0 bridgehead atoms. The summed E-state index contributed by atoms with van der Waals surface area (Å²) in [6.07, 6.45) is 6.52. The summed E-state index contributed by atoms with van der Waals surface area (Å²) in [4.78, 5) is 2.63. The predicted molar refractivity (Wildman–Crippen MR) is 80.2 cm³/mol. The van der Waals surface area contributed by atoms with Gasteiger partial charge in [0.2, 0.25) is 0 Å². The zero-order chi connectivity index (χ0) is 13.4. The van der Waals surface area contributed by atoms with Gasteiger partial charge in [-0.15, -0.1) is 0 Å². The van der Waals surface area contributed by atoms with Crippen LogP contribution in [0, 0.1) is 12.8 Å². The molecule has 1 aromatic carbocycles. The van der Waals surface area contributed by atoms with Gasteiger partial charge in [-0.3, -0.25) is 4.90 Å². The van der Waals surface area contributed by atoms with Gasteiger partial charge in [-0.1, -0.05) is 30.2 Å². The Bertz CT molecular complexity index is 455. The minimum atomic E-state index is 0.618. The Kier molecular flexibility index (Phi) is 3.64. The predicted octanol–water partition coefficient (Wildman–Crippen LogP) is 3.04. The van der Waals surface area contributed by atoms with Gasteiger partial charge in [0.25, 0.3) is 0 Å². The zero-order valence-corrected chi connectivity index (χ0v) is 12.2. The van der Waals surface area contributed by atoms with Crippen molar-refractivity contribution in [1.29, 1.82) is 0 Å².